The molecule has 184 valence electrons. The number of rotatable bonds is 5. The standard InChI is InChI=1S/C36H25N3/c1-2-12-26(13-3-1)35-29-14-4-6-16-31(29)36(32-17-7-5-15-30(32)35)27-20-22-28(23-21-27)39(33-18-8-10-24-37-33)34-19-9-11-25-38-34/h1-25H. The van der Waals surface area contributed by atoms with E-state index in [0.717, 1.165) is 17.3 Å². The summed E-state index contributed by atoms with van der Waals surface area (Å²) in [5, 5.41) is 5.00. The lowest BCUT2D eigenvalue weighted by Crippen LogP contribution is -2.12. The van der Waals surface area contributed by atoms with Crippen LogP contribution in [-0.4, -0.2) is 9.97 Å². The zero-order chi connectivity index (χ0) is 26.0. The van der Waals surface area contributed by atoms with Crippen molar-refractivity contribution in [3.8, 4) is 22.3 Å². The summed E-state index contributed by atoms with van der Waals surface area (Å²) in [4.78, 5) is 11.3. The van der Waals surface area contributed by atoms with Crippen LogP contribution in [0.3, 0.4) is 0 Å². The first-order valence-corrected chi connectivity index (χ1v) is 13.1. The molecule has 0 amide bonds. The van der Waals surface area contributed by atoms with Crippen LogP contribution in [0.5, 0.6) is 0 Å². The van der Waals surface area contributed by atoms with Crippen molar-refractivity contribution in [2.45, 2.75) is 0 Å². The van der Waals surface area contributed by atoms with Gasteiger partial charge in [-0.25, -0.2) is 9.97 Å². The highest BCUT2D eigenvalue weighted by Gasteiger charge is 2.18. The second kappa shape index (κ2) is 9.88. The van der Waals surface area contributed by atoms with Gasteiger partial charge in [-0.2, -0.15) is 0 Å². The van der Waals surface area contributed by atoms with Gasteiger partial charge in [-0.15, -0.1) is 0 Å². The fourth-order valence-electron chi connectivity index (χ4n) is 5.49. The maximum Gasteiger partial charge on any atom is 0.138 e. The Hall–Kier alpha value is -5.28. The third-order valence-electron chi connectivity index (χ3n) is 7.16. The number of benzene rings is 5. The SMILES string of the molecule is c1ccc(-c2c3ccccc3c(-c3ccc(N(c4ccccn4)c4ccccn4)cc3)c3ccccc23)cc1. The minimum Gasteiger partial charge on any atom is -0.279 e. The molecule has 5 aromatic carbocycles. The number of aromatic nitrogens is 2. The highest BCUT2D eigenvalue weighted by atomic mass is 15.2. The summed E-state index contributed by atoms with van der Waals surface area (Å²) >= 11 is 0. The van der Waals surface area contributed by atoms with Crippen molar-refractivity contribution in [1.82, 2.24) is 9.97 Å². The van der Waals surface area contributed by atoms with Crippen LogP contribution < -0.4 is 4.90 Å². The molecule has 0 saturated carbocycles. The van der Waals surface area contributed by atoms with Gasteiger partial charge < -0.3 is 0 Å². The Kier molecular flexibility index (Phi) is 5.80. The van der Waals surface area contributed by atoms with Crippen LogP contribution in [0, 0.1) is 0 Å². The average Bonchev–Trinajstić information content (AvgIpc) is 3.02. The van der Waals surface area contributed by atoms with Gasteiger partial charge in [0.25, 0.3) is 0 Å². The van der Waals surface area contributed by atoms with Gasteiger partial charge in [0.1, 0.15) is 11.6 Å². The summed E-state index contributed by atoms with van der Waals surface area (Å²) in [5.41, 5.74) is 5.93. The Morgan fingerprint density at radius 3 is 1.21 bits per heavy atom. The van der Waals surface area contributed by atoms with Gasteiger partial charge in [0.2, 0.25) is 0 Å². The lowest BCUT2D eigenvalue weighted by molar-refractivity contribution is 1.13. The molecule has 0 unspecified atom stereocenters. The predicted octanol–water partition coefficient (Wildman–Crippen LogP) is 9.59. The maximum absolute atomic E-state index is 4.62. The molecule has 0 spiro atoms. The zero-order valence-corrected chi connectivity index (χ0v) is 21.3. The lowest BCUT2D eigenvalue weighted by atomic mass is 9.86. The second-order valence-corrected chi connectivity index (χ2v) is 9.47. The number of nitrogens with zero attached hydrogens (tertiary/aromatic N) is 3. The molecule has 7 aromatic rings. The van der Waals surface area contributed by atoms with Gasteiger partial charge in [-0.05, 0) is 80.2 Å². The summed E-state index contributed by atoms with van der Waals surface area (Å²) in [6.45, 7) is 0. The van der Waals surface area contributed by atoms with Crippen molar-refractivity contribution in [2.75, 3.05) is 4.90 Å². The zero-order valence-electron chi connectivity index (χ0n) is 21.3. The normalized spacial score (nSPS) is 11.1. The summed E-state index contributed by atoms with van der Waals surface area (Å²) < 4.78 is 0. The molecule has 3 nitrogen and oxygen atoms in total. The van der Waals surface area contributed by atoms with Crippen molar-refractivity contribution in [3.63, 3.8) is 0 Å². The molecule has 0 bridgehead atoms. The van der Waals surface area contributed by atoms with Crippen molar-refractivity contribution < 1.29 is 0 Å². The number of fused-ring (bicyclic) bond motifs is 2. The molecule has 3 heteroatoms. The molecule has 0 N–H and O–H groups in total. The molecule has 0 aliphatic heterocycles. The fourth-order valence-corrected chi connectivity index (χ4v) is 5.49. The topological polar surface area (TPSA) is 29.0 Å². The Morgan fingerprint density at radius 2 is 0.769 bits per heavy atom. The molecule has 0 atom stereocenters. The van der Waals surface area contributed by atoms with E-state index in [1.165, 1.54) is 43.8 Å². The van der Waals surface area contributed by atoms with Crippen molar-refractivity contribution in [1.29, 1.82) is 0 Å². The van der Waals surface area contributed by atoms with E-state index in [1.54, 1.807) is 0 Å². The van der Waals surface area contributed by atoms with E-state index in [4.69, 9.17) is 0 Å². The summed E-state index contributed by atoms with van der Waals surface area (Å²) in [6, 6.07) is 48.8. The van der Waals surface area contributed by atoms with E-state index in [-0.39, 0.29) is 0 Å². The quantitative estimate of drug-likeness (QED) is 0.221. The van der Waals surface area contributed by atoms with Gasteiger partial charge in [0, 0.05) is 18.1 Å². The molecular weight excluding hydrogens is 474 g/mol. The van der Waals surface area contributed by atoms with Gasteiger partial charge in [0.15, 0.2) is 0 Å². The molecule has 2 aromatic heterocycles. The van der Waals surface area contributed by atoms with Gasteiger partial charge in [0.05, 0.1) is 0 Å². The van der Waals surface area contributed by atoms with Crippen LogP contribution in [0.4, 0.5) is 17.3 Å². The Labute approximate surface area is 227 Å². The molecule has 39 heavy (non-hydrogen) atoms. The molecule has 0 fully saturated rings. The first-order valence-electron chi connectivity index (χ1n) is 13.1. The Morgan fingerprint density at radius 1 is 0.359 bits per heavy atom. The van der Waals surface area contributed by atoms with Crippen LogP contribution in [-0.2, 0) is 0 Å². The molecule has 7 rings (SSSR count). The summed E-state index contributed by atoms with van der Waals surface area (Å²) in [7, 11) is 0. The number of anilines is 3. The first-order chi connectivity index (χ1) is 19.4. The molecule has 2 heterocycles. The summed E-state index contributed by atoms with van der Waals surface area (Å²) in [6.07, 6.45) is 3.62. The monoisotopic (exact) mass is 499 g/mol. The molecule has 0 radical (unpaired) electrons. The largest absolute Gasteiger partial charge is 0.279 e. The minimum atomic E-state index is 0.826. The van der Waals surface area contributed by atoms with E-state index >= 15 is 0 Å². The van der Waals surface area contributed by atoms with Crippen molar-refractivity contribution in [2.24, 2.45) is 0 Å². The third kappa shape index (κ3) is 4.11. The maximum atomic E-state index is 4.62. The first kappa shape index (κ1) is 22.9. The van der Waals surface area contributed by atoms with Crippen LogP contribution in [0.2, 0.25) is 0 Å². The molecule has 0 saturated heterocycles. The van der Waals surface area contributed by atoms with Crippen molar-refractivity contribution in [3.05, 3.63) is 152 Å². The van der Waals surface area contributed by atoms with Gasteiger partial charge in [-0.3, -0.25) is 4.90 Å². The summed E-state index contributed by atoms with van der Waals surface area (Å²) in [5.74, 6) is 1.65. The van der Waals surface area contributed by atoms with Crippen LogP contribution in [0.1, 0.15) is 0 Å². The highest BCUT2D eigenvalue weighted by Crippen LogP contribution is 2.44. The highest BCUT2D eigenvalue weighted by molar-refractivity contribution is 6.21. The van der Waals surface area contributed by atoms with E-state index < -0.39 is 0 Å². The van der Waals surface area contributed by atoms with E-state index in [9.17, 15) is 0 Å². The van der Waals surface area contributed by atoms with E-state index in [1.807, 2.05) is 48.8 Å². The minimum absolute atomic E-state index is 0.826. The number of pyridine rings is 2. The average molecular weight is 500 g/mol. The molecule has 0 aliphatic rings. The molecular formula is C36H25N3. The second-order valence-electron chi connectivity index (χ2n) is 9.47. The number of hydrogen-bond donors (Lipinski definition) is 0. The molecule has 0 aliphatic carbocycles. The Balaban J connectivity index is 1.43. The lowest BCUT2D eigenvalue weighted by Gasteiger charge is -2.23. The van der Waals surface area contributed by atoms with Crippen LogP contribution in [0.15, 0.2) is 152 Å². The Bertz CT molecular complexity index is 1790. The fraction of sp³-hybridized carbons (Fsp3) is 0. The predicted molar refractivity (Wildman–Crippen MR) is 163 cm³/mol. The number of hydrogen-bond acceptors (Lipinski definition) is 3. The van der Waals surface area contributed by atoms with Gasteiger partial charge >= 0.3 is 0 Å². The van der Waals surface area contributed by atoms with Gasteiger partial charge in [-0.1, -0.05) is 103 Å². The smallest absolute Gasteiger partial charge is 0.138 e. The van der Waals surface area contributed by atoms with Crippen molar-refractivity contribution >= 4 is 38.9 Å². The van der Waals surface area contributed by atoms with E-state index in [2.05, 4.69) is 118 Å². The van der Waals surface area contributed by atoms with E-state index in [0.29, 0.717) is 0 Å². The van der Waals surface area contributed by atoms with Crippen LogP contribution in [0.25, 0.3) is 43.8 Å². The van der Waals surface area contributed by atoms with Crippen LogP contribution >= 0.6 is 0 Å². The third-order valence-corrected chi connectivity index (χ3v) is 7.16.